The van der Waals surface area contributed by atoms with Crippen LogP contribution in [0.4, 0.5) is 5.69 Å². The zero-order valence-electron chi connectivity index (χ0n) is 29.1. The van der Waals surface area contributed by atoms with Crippen molar-refractivity contribution in [1.29, 1.82) is 0 Å². The molecule has 48 heavy (non-hydrogen) atoms. The number of carboxylic acids is 1. The summed E-state index contributed by atoms with van der Waals surface area (Å²) in [5.41, 5.74) is 5.28. The number of fused-ring (bicyclic) bond motifs is 1. The van der Waals surface area contributed by atoms with E-state index in [0.717, 1.165) is 41.8 Å². The summed E-state index contributed by atoms with van der Waals surface area (Å²) in [4.78, 5) is 25.7. The van der Waals surface area contributed by atoms with Crippen molar-refractivity contribution in [2.75, 3.05) is 23.7 Å². The van der Waals surface area contributed by atoms with Gasteiger partial charge in [-0.15, -0.1) is 0 Å². The molecule has 0 aliphatic carbocycles. The number of amides is 1. The number of allylic oxidation sites excluding steroid dienone is 5. The number of aliphatic carboxylic acids is 1. The topological polar surface area (TPSA) is 124 Å². The molecule has 1 heterocycles. The van der Waals surface area contributed by atoms with Gasteiger partial charge in [-0.05, 0) is 80.2 Å². The minimum absolute atomic E-state index is 0.0249. The first kappa shape index (κ1) is 39.4. The van der Waals surface area contributed by atoms with E-state index in [2.05, 4.69) is 69.6 Å². The number of benzene rings is 2. The highest BCUT2D eigenvalue weighted by Gasteiger charge is 2.40. The van der Waals surface area contributed by atoms with E-state index >= 15 is 0 Å². The summed E-state index contributed by atoms with van der Waals surface area (Å²) >= 11 is 0. The van der Waals surface area contributed by atoms with E-state index < -0.39 is 26.2 Å². The fourth-order valence-corrected chi connectivity index (χ4v) is 8.48. The smallest absolute Gasteiger partial charge is 0.320 e. The lowest BCUT2D eigenvalue weighted by Crippen LogP contribution is -2.28. The van der Waals surface area contributed by atoms with Gasteiger partial charge in [0.1, 0.15) is 4.75 Å². The maximum atomic E-state index is 12.4. The summed E-state index contributed by atoms with van der Waals surface area (Å²) in [6.07, 6.45) is 8.86. The molecular weight excluding hydrogens is 665 g/mol. The molecule has 0 fully saturated rings. The zero-order chi connectivity index (χ0) is 35.9. The maximum Gasteiger partial charge on any atom is 0.320 e. The minimum atomic E-state index is -4.36. The lowest BCUT2D eigenvalue weighted by Gasteiger charge is -2.28. The number of carbonyl (C=O) groups is 2. The third-order valence-electron chi connectivity index (χ3n) is 8.91. The molecule has 2 aromatic rings. The molecule has 0 spiro atoms. The van der Waals surface area contributed by atoms with Gasteiger partial charge in [-0.2, -0.15) is 8.42 Å². The molecule has 0 unspecified atom stereocenters. The van der Waals surface area contributed by atoms with E-state index in [9.17, 15) is 27.7 Å². The molecule has 0 atom stereocenters. The van der Waals surface area contributed by atoms with Crippen molar-refractivity contribution in [1.82, 2.24) is 5.32 Å². The first-order valence-corrected chi connectivity index (χ1v) is 19.9. The summed E-state index contributed by atoms with van der Waals surface area (Å²) in [7, 11) is -1.65. The average molecular weight is 715 g/mol. The van der Waals surface area contributed by atoms with Crippen LogP contribution < -0.4 is 10.2 Å². The Labute approximate surface area is 294 Å². The van der Waals surface area contributed by atoms with Crippen molar-refractivity contribution >= 4 is 49.3 Å². The Hall–Kier alpha value is -2.99. The van der Waals surface area contributed by atoms with Crippen molar-refractivity contribution in [3.8, 4) is 0 Å². The molecule has 2 aromatic carbocycles. The molecule has 0 bridgehead atoms. The van der Waals surface area contributed by atoms with Crippen LogP contribution in [0, 0.1) is 6.92 Å². The minimum Gasteiger partial charge on any atom is -0.480 e. The molecule has 0 radical (unpaired) electrons. The van der Waals surface area contributed by atoms with Gasteiger partial charge >= 0.3 is 5.97 Å². The van der Waals surface area contributed by atoms with Gasteiger partial charge in [-0.1, -0.05) is 98.7 Å². The number of aryl methyl sites for hydroxylation is 1. The number of hydrogen-bond donors (Lipinski definition) is 3. The molecular formula is C37H50N2O6S3. The molecule has 8 nitrogen and oxygen atoms in total. The highest BCUT2D eigenvalue weighted by molar-refractivity contribution is 8.77. The Balaban J connectivity index is 1.68. The molecule has 3 N–H and O–H groups in total. The molecule has 1 aliphatic heterocycles. The largest absolute Gasteiger partial charge is 0.480 e. The standard InChI is InChI=1S/C37H50N2O6S3/c1-26-15-11-12-17-29(26)35(3,4)27(2)16-14-18-32-36(5,6)30-25-28(48(43,44)45)20-21-31(30)39(32)23-13-9-10-19-33(40)38-22-24-46-47-37(7,8)34(41)42/h11-12,14-18,20-21,25H,2,9-10,13,19,22-24H2,1,3-8H3,(H,38,40)(H,41,42)(H,43,44,45)/b16-14+,32-18+. The molecule has 3 rings (SSSR count). The van der Waals surface area contributed by atoms with E-state index in [1.54, 1.807) is 26.0 Å². The molecule has 1 amide bonds. The van der Waals surface area contributed by atoms with Crippen molar-refractivity contribution in [3.05, 3.63) is 95.2 Å². The number of rotatable bonds is 17. The lowest BCUT2D eigenvalue weighted by atomic mass is 9.76. The van der Waals surface area contributed by atoms with E-state index in [1.165, 1.54) is 38.8 Å². The second-order valence-electron chi connectivity index (χ2n) is 13.7. The molecule has 11 heteroatoms. The van der Waals surface area contributed by atoms with Gasteiger partial charge in [0, 0.05) is 47.5 Å². The Bertz CT molecular complexity index is 1680. The van der Waals surface area contributed by atoms with E-state index in [-0.39, 0.29) is 16.2 Å². The molecule has 262 valence electrons. The number of unbranched alkanes of at least 4 members (excludes halogenated alkanes) is 2. The van der Waals surface area contributed by atoms with E-state index in [1.807, 2.05) is 24.3 Å². The van der Waals surface area contributed by atoms with Gasteiger partial charge in [-0.25, -0.2) is 0 Å². The van der Waals surface area contributed by atoms with Crippen LogP contribution >= 0.6 is 21.6 Å². The van der Waals surface area contributed by atoms with Gasteiger partial charge in [0.25, 0.3) is 10.1 Å². The first-order valence-electron chi connectivity index (χ1n) is 16.1. The van der Waals surface area contributed by atoms with E-state index in [0.29, 0.717) is 25.3 Å². The fraction of sp³-hybridized carbons (Fsp3) is 0.459. The first-order chi connectivity index (χ1) is 22.3. The van der Waals surface area contributed by atoms with Crippen LogP contribution in [0.25, 0.3) is 0 Å². The van der Waals surface area contributed by atoms with Crippen LogP contribution in [0.15, 0.2) is 83.4 Å². The number of carbonyl (C=O) groups excluding carboxylic acids is 1. The second-order valence-corrected chi connectivity index (χ2v) is 18.1. The van der Waals surface area contributed by atoms with E-state index in [4.69, 9.17) is 0 Å². The Kier molecular flexibility index (Phi) is 13.3. The van der Waals surface area contributed by atoms with Crippen molar-refractivity contribution in [2.45, 2.75) is 94.6 Å². The summed E-state index contributed by atoms with van der Waals surface area (Å²) in [6, 6.07) is 13.1. The summed E-state index contributed by atoms with van der Waals surface area (Å²) in [6.45, 7) is 19.4. The number of nitrogens with zero attached hydrogens (tertiary/aromatic N) is 1. The Morgan fingerprint density at radius 2 is 1.75 bits per heavy atom. The Morgan fingerprint density at radius 1 is 1.06 bits per heavy atom. The normalized spacial score (nSPS) is 15.6. The number of carboxylic acid groups (broad SMARTS) is 1. The third-order valence-corrected chi connectivity index (χ3v) is 12.9. The van der Waals surface area contributed by atoms with Crippen LogP contribution in [0.2, 0.25) is 0 Å². The SMILES string of the molecule is C=C(/C=C/C=C1/N(CCCCCC(=O)NCCSSC(C)(C)C(=O)O)c2ccc(S(=O)(=O)O)cc2C1(C)C)C(C)(C)c1ccccc1C. The van der Waals surface area contributed by atoms with Crippen LogP contribution in [-0.4, -0.2) is 53.5 Å². The quantitative estimate of drug-likeness (QED) is 0.0643. The number of nitrogens with one attached hydrogen (secondary N) is 1. The second kappa shape index (κ2) is 16.1. The average Bonchev–Trinajstić information content (AvgIpc) is 3.21. The molecule has 0 aromatic heterocycles. The fourth-order valence-electron chi connectivity index (χ4n) is 5.74. The maximum absolute atomic E-state index is 12.4. The van der Waals surface area contributed by atoms with Gasteiger partial charge < -0.3 is 15.3 Å². The number of hydrogen-bond acceptors (Lipinski definition) is 7. The van der Waals surface area contributed by atoms with Gasteiger partial charge in [0.05, 0.1) is 4.90 Å². The van der Waals surface area contributed by atoms with Crippen LogP contribution in [0.5, 0.6) is 0 Å². The summed E-state index contributed by atoms with van der Waals surface area (Å²) in [5.74, 6) is -0.268. The van der Waals surface area contributed by atoms with Crippen LogP contribution in [0.3, 0.4) is 0 Å². The van der Waals surface area contributed by atoms with Crippen LogP contribution in [-0.2, 0) is 30.5 Å². The predicted molar refractivity (Wildman–Crippen MR) is 200 cm³/mol. The summed E-state index contributed by atoms with van der Waals surface area (Å²) < 4.78 is 32.9. The highest BCUT2D eigenvalue weighted by Crippen LogP contribution is 2.48. The molecule has 0 saturated carbocycles. The molecule has 1 aliphatic rings. The predicted octanol–water partition coefficient (Wildman–Crippen LogP) is 8.23. The lowest BCUT2D eigenvalue weighted by molar-refractivity contribution is -0.138. The summed E-state index contributed by atoms with van der Waals surface area (Å²) in [5, 5.41) is 12.1. The van der Waals surface area contributed by atoms with Crippen molar-refractivity contribution in [3.63, 3.8) is 0 Å². The number of anilines is 1. The van der Waals surface area contributed by atoms with Gasteiger partial charge in [0.15, 0.2) is 0 Å². The van der Waals surface area contributed by atoms with Crippen LogP contribution in [0.1, 0.15) is 83.9 Å². The Morgan fingerprint density at radius 3 is 2.40 bits per heavy atom. The van der Waals surface area contributed by atoms with Crippen molar-refractivity contribution in [2.24, 2.45) is 0 Å². The highest BCUT2D eigenvalue weighted by atomic mass is 33.1. The zero-order valence-corrected chi connectivity index (χ0v) is 31.6. The van der Waals surface area contributed by atoms with Gasteiger partial charge in [-0.3, -0.25) is 14.1 Å². The third kappa shape index (κ3) is 9.80. The monoisotopic (exact) mass is 714 g/mol. The molecule has 0 saturated heterocycles. The van der Waals surface area contributed by atoms with Crippen molar-refractivity contribution < 1.29 is 27.7 Å². The van der Waals surface area contributed by atoms with Gasteiger partial charge in [0.2, 0.25) is 5.91 Å².